The molecule has 1 aliphatic rings. The Bertz CT molecular complexity index is 876. The number of hydrogen-bond donors (Lipinski definition) is 1. The molecule has 4 rings (SSSR count). The van der Waals surface area contributed by atoms with Gasteiger partial charge in [-0.15, -0.1) is 0 Å². The Morgan fingerprint density at radius 3 is 2.81 bits per heavy atom. The number of nitrogens with one attached hydrogen (secondary N) is 1. The van der Waals surface area contributed by atoms with E-state index in [0.29, 0.717) is 12.5 Å². The molecule has 0 radical (unpaired) electrons. The zero-order chi connectivity index (χ0) is 17.9. The summed E-state index contributed by atoms with van der Waals surface area (Å²) >= 11 is 0. The molecule has 5 nitrogen and oxygen atoms in total. The molecule has 1 amide bonds. The molecule has 0 unspecified atom stereocenters. The first-order valence-corrected chi connectivity index (χ1v) is 8.95. The van der Waals surface area contributed by atoms with Crippen molar-refractivity contribution in [2.45, 2.75) is 31.8 Å². The van der Waals surface area contributed by atoms with Gasteiger partial charge in [0.25, 0.3) is 0 Å². The fraction of sp³-hybridized carbons (Fsp3) is 0.286. The minimum Gasteiger partial charge on any atom is -0.347 e. The first-order chi connectivity index (χ1) is 12.7. The average molecular weight is 346 g/mol. The highest BCUT2D eigenvalue weighted by molar-refractivity contribution is 5.83. The summed E-state index contributed by atoms with van der Waals surface area (Å²) in [6.45, 7) is 2.65. The molecular formula is C21H22N4O. The minimum atomic E-state index is -0.121. The van der Waals surface area contributed by atoms with E-state index in [2.05, 4.69) is 46.6 Å². The van der Waals surface area contributed by atoms with Crippen LogP contribution in [0.1, 0.15) is 35.1 Å². The molecule has 132 valence electrons. The maximum atomic E-state index is 12.8. The van der Waals surface area contributed by atoms with Crippen LogP contribution in [0.25, 0.3) is 0 Å². The highest BCUT2D eigenvalue weighted by Gasteiger charge is 2.44. The van der Waals surface area contributed by atoms with Gasteiger partial charge in [-0.25, -0.2) is 4.98 Å². The Morgan fingerprint density at radius 2 is 2.08 bits per heavy atom. The molecule has 1 aromatic heterocycles. The van der Waals surface area contributed by atoms with Gasteiger partial charge in [0.2, 0.25) is 5.91 Å². The lowest BCUT2D eigenvalue weighted by molar-refractivity contribution is -0.123. The SMILES string of the molecule is Cc1cccc([C@@H]2C[C@@H]2C(=O)N[C@@H](Cn2cncn2)c2ccccc2)c1. The van der Waals surface area contributed by atoms with Crippen molar-refractivity contribution in [2.75, 3.05) is 0 Å². The molecule has 1 saturated carbocycles. The molecule has 1 N–H and O–H groups in total. The van der Waals surface area contributed by atoms with Crippen molar-refractivity contribution in [2.24, 2.45) is 5.92 Å². The second kappa shape index (κ2) is 7.12. The Labute approximate surface area is 153 Å². The van der Waals surface area contributed by atoms with Gasteiger partial charge in [0.05, 0.1) is 12.6 Å². The molecule has 0 aliphatic heterocycles. The van der Waals surface area contributed by atoms with Crippen LogP contribution in [0.5, 0.6) is 0 Å². The summed E-state index contributed by atoms with van der Waals surface area (Å²) in [5, 5.41) is 7.40. The van der Waals surface area contributed by atoms with Gasteiger partial charge in [0.1, 0.15) is 12.7 Å². The normalized spacial score (nSPS) is 19.7. The summed E-state index contributed by atoms with van der Waals surface area (Å²) in [7, 11) is 0. The summed E-state index contributed by atoms with van der Waals surface area (Å²) in [5.41, 5.74) is 3.57. The third-order valence-corrected chi connectivity index (χ3v) is 4.95. The van der Waals surface area contributed by atoms with Crippen molar-refractivity contribution < 1.29 is 4.79 Å². The lowest BCUT2D eigenvalue weighted by Gasteiger charge is -2.19. The Hall–Kier alpha value is -2.95. The monoisotopic (exact) mass is 346 g/mol. The number of rotatable bonds is 6. The highest BCUT2D eigenvalue weighted by atomic mass is 16.2. The first kappa shape index (κ1) is 16.5. The molecule has 1 fully saturated rings. The van der Waals surface area contributed by atoms with Crippen molar-refractivity contribution >= 4 is 5.91 Å². The van der Waals surface area contributed by atoms with Crippen molar-refractivity contribution in [1.82, 2.24) is 20.1 Å². The molecule has 0 spiro atoms. The van der Waals surface area contributed by atoms with Crippen LogP contribution in [0.15, 0.2) is 67.3 Å². The van der Waals surface area contributed by atoms with Gasteiger partial charge < -0.3 is 5.32 Å². The summed E-state index contributed by atoms with van der Waals surface area (Å²) in [6, 6.07) is 18.4. The van der Waals surface area contributed by atoms with Crippen LogP contribution in [-0.4, -0.2) is 20.7 Å². The number of carbonyl (C=O) groups is 1. The maximum absolute atomic E-state index is 12.8. The standard InChI is InChI=1S/C21H22N4O/c1-15-6-5-9-17(10-15)18-11-19(18)21(26)24-20(12-25-14-22-13-23-25)16-7-3-2-4-8-16/h2-10,13-14,18-20H,11-12H2,1H3,(H,24,26)/t18-,19-,20-/m0/s1. The van der Waals surface area contributed by atoms with E-state index in [1.807, 2.05) is 30.3 Å². The number of carbonyl (C=O) groups excluding carboxylic acids is 1. The van der Waals surface area contributed by atoms with E-state index < -0.39 is 0 Å². The van der Waals surface area contributed by atoms with Crippen molar-refractivity contribution in [3.63, 3.8) is 0 Å². The first-order valence-electron chi connectivity index (χ1n) is 8.95. The number of hydrogen-bond acceptors (Lipinski definition) is 3. The van der Waals surface area contributed by atoms with E-state index in [1.54, 1.807) is 11.0 Å². The van der Waals surface area contributed by atoms with Crippen LogP contribution < -0.4 is 5.32 Å². The van der Waals surface area contributed by atoms with Crippen molar-refractivity contribution in [3.05, 3.63) is 83.9 Å². The van der Waals surface area contributed by atoms with Gasteiger partial charge in [0.15, 0.2) is 0 Å². The summed E-state index contributed by atoms with van der Waals surface area (Å²) in [5.74, 6) is 0.502. The maximum Gasteiger partial charge on any atom is 0.224 e. The molecule has 2 aromatic carbocycles. The van der Waals surface area contributed by atoms with Crippen LogP contribution in [0.2, 0.25) is 0 Å². The summed E-state index contributed by atoms with van der Waals surface area (Å²) < 4.78 is 1.75. The lowest BCUT2D eigenvalue weighted by Crippen LogP contribution is -2.33. The van der Waals surface area contributed by atoms with Crippen molar-refractivity contribution in [1.29, 1.82) is 0 Å². The molecule has 0 saturated heterocycles. The quantitative estimate of drug-likeness (QED) is 0.745. The largest absolute Gasteiger partial charge is 0.347 e. The van der Waals surface area contributed by atoms with E-state index >= 15 is 0 Å². The number of amides is 1. The van der Waals surface area contributed by atoms with E-state index in [-0.39, 0.29) is 17.9 Å². The van der Waals surface area contributed by atoms with Gasteiger partial charge in [-0.2, -0.15) is 5.10 Å². The van der Waals surface area contributed by atoms with Gasteiger partial charge in [-0.1, -0.05) is 60.2 Å². The van der Waals surface area contributed by atoms with Gasteiger partial charge in [-0.05, 0) is 30.4 Å². The Morgan fingerprint density at radius 1 is 1.23 bits per heavy atom. The van der Waals surface area contributed by atoms with Gasteiger partial charge in [-0.3, -0.25) is 9.48 Å². The molecule has 3 atom stereocenters. The third kappa shape index (κ3) is 3.67. The molecule has 3 aromatic rings. The molecule has 26 heavy (non-hydrogen) atoms. The molecule has 5 heteroatoms. The smallest absolute Gasteiger partial charge is 0.224 e. The lowest BCUT2D eigenvalue weighted by atomic mass is 10.0. The minimum absolute atomic E-state index is 0.0544. The van der Waals surface area contributed by atoms with Crippen LogP contribution in [0.3, 0.4) is 0 Å². The summed E-state index contributed by atoms with van der Waals surface area (Å²) in [6.07, 6.45) is 4.10. The highest BCUT2D eigenvalue weighted by Crippen LogP contribution is 2.47. The van der Waals surface area contributed by atoms with Crippen LogP contribution in [0, 0.1) is 12.8 Å². The fourth-order valence-electron chi connectivity index (χ4n) is 3.47. The van der Waals surface area contributed by atoms with E-state index in [0.717, 1.165) is 12.0 Å². The molecule has 0 bridgehead atoms. The van der Waals surface area contributed by atoms with Crippen molar-refractivity contribution in [3.8, 4) is 0 Å². The number of aryl methyl sites for hydroxylation is 1. The van der Waals surface area contributed by atoms with E-state index in [1.165, 1.54) is 17.5 Å². The van der Waals surface area contributed by atoms with E-state index in [4.69, 9.17) is 0 Å². The zero-order valence-electron chi connectivity index (χ0n) is 14.7. The number of benzene rings is 2. The van der Waals surface area contributed by atoms with Crippen LogP contribution in [0.4, 0.5) is 0 Å². The Balaban J connectivity index is 1.46. The van der Waals surface area contributed by atoms with Gasteiger partial charge in [0, 0.05) is 5.92 Å². The van der Waals surface area contributed by atoms with Crippen LogP contribution >= 0.6 is 0 Å². The van der Waals surface area contributed by atoms with Crippen LogP contribution in [-0.2, 0) is 11.3 Å². The predicted octanol–water partition coefficient (Wildman–Crippen LogP) is 3.25. The van der Waals surface area contributed by atoms with E-state index in [9.17, 15) is 4.79 Å². The average Bonchev–Trinajstić information content (AvgIpc) is 3.31. The third-order valence-electron chi connectivity index (χ3n) is 4.95. The fourth-order valence-corrected chi connectivity index (χ4v) is 3.47. The molecule has 1 aliphatic carbocycles. The second-order valence-corrected chi connectivity index (χ2v) is 6.95. The molecule has 1 heterocycles. The predicted molar refractivity (Wildman–Crippen MR) is 99.4 cm³/mol. The second-order valence-electron chi connectivity index (χ2n) is 6.95. The molecular weight excluding hydrogens is 324 g/mol. The summed E-state index contributed by atoms with van der Waals surface area (Å²) in [4.78, 5) is 16.8. The van der Waals surface area contributed by atoms with Gasteiger partial charge >= 0.3 is 0 Å². The topological polar surface area (TPSA) is 59.8 Å². The number of aromatic nitrogens is 3. The zero-order valence-corrected chi connectivity index (χ0v) is 14.7. The number of nitrogens with zero attached hydrogens (tertiary/aromatic N) is 3. The Kier molecular flexibility index (Phi) is 4.52.